The van der Waals surface area contributed by atoms with Crippen molar-refractivity contribution in [3.05, 3.63) is 41.4 Å². The van der Waals surface area contributed by atoms with E-state index in [0.717, 1.165) is 0 Å². The van der Waals surface area contributed by atoms with Gasteiger partial charge in [0.25, 0.3) is 5.91 Å². The number of nitrogens with one attached hydrogen (secondary N) is 1. The average Bonchev–Trinajstić information content (AvgIpc) is 2.21. The van der Waals surface area contributed by atoms with Crippen LogP contribution in [0.1, 0.15) is 17.3 Å². The van der Waals surface area contributed by atoms with Crippen molar-refractivity contribution in [3.63, 3.8) is 0 Å². The number of amides is 1. The Kier molecular flexibility index (Phi) is 3.74. The lowest BCUT2D eigenvalue weighted by atomic mass is 10.2. The first-order valence-electron chi connectivity index (χ1n) is 4.46. The molecule has 0 aromatic heterocycles. The highest BCUT2D eigenvalue weighted by atomic mass is 35.5. The van der Waals surface area contributed by atoms with Crippen molar-refractivity contribution in [2.75, 3.05) is 0 Å². The Labute approximate surface area is 93.4 Å². The molecule has 2 N–H and O–H groups in total. The molecule has 0 aliphatic heterocycles. The van der Waals surface area contributed by atoms with Crippen molar-refractivity contribution < 1.29 is 9.90 Å². The van der Waals surface area contributed by atoms with Crippen molar-refractivity contribution in [3.8, 4) is 5.75 Å². The number of phenolic OH excluding ortho intramolecular Hbond substituents is 1. The van der Waals surface area contributed by atoms with Crippen LogP contribution in [-0.4, -0.2) is 17.1 Å². The summed E-state index contributed by atoms with van der Waals surface area (Å²) >= 11 is 5.82. The molecule has 0 fully saturated rings. The first-order chi connectivity index (χ1) is 7.04. The highest BCUT2D eigenvalue weighted by Gasteiger charge is 2.12. The van der Waals surface area contributed by atoms with Gasteiger partial charge in [-0.2, -0.15) is 0 Å². The number of carbonyl (C=O) groups excluding carboxylic acids is 1. The Morgan fingerprint density at radius 3 is 2.93 bits per heavy atom. The number of hydrogen-bond donors (Lipinski definition) is 2. The van der Waals surface area contributed by atoms with Crippen LogP contribution in [-0.2, 0) is 0 Å². The molecule has 0 heterocycles. The third kappa shape index (κ3) is 2.99. The van der Waals surface area contributed by atoms with Crippen LogP contribution in [0.2, 0.25) is 5.02 Å². The smallest absolute Gasteiger partial charge is 0.253 e. The zero-order chi connectivity index (χ0) is 11.4. The first-order valence-corrected chi connectivity index (χ1v) is 4.84. The minimum atomic E-state index is -0.330. The van der Waals surface area contributed by atoms with Gasteiger partial charge in [-0.25, -0.2) is 0 Å². The van der Waals surface area contributed by atoms with Crippen LogP contribution >= 0.6 is 11.6 Å². The average molecular weight is 226 g/mol. The molecule has 80 valence electrons. The number of phenols is 1. The largest absolute Gasteiger partial charge is 0.508 e. The Hall–Kier alpha value is -1.48. The van der Waals surface area contributed by atoms with Gasteiger partial charge in [-0.1, -0.05) is 17.7 Å². The van der Waals surface area contributed by atoms with Gasteiger partial charge in [0.15, 0.2) is 0 Å². The van der Waals surface area contributed by atoms with Gasteiger partial charge < -0.3 is 10.4 Å². The van der Waals surface area contributed by atoms with Crippen LogP contribution < -0.4 is 5.32 Å². The highest BCUT2D eigenvalue weighted by Crippen LogP contribution is 2.20. The predicted octanol–water partition coefficient (Wildman–Crippen LogP) is 2.35. The maximum atomic E-state index is 11.6. The van der Waals surface area contributed by atoms with Gasteiger partial charge in [0, 0.05) is 6.04 Å². The lowest BCUT2D eigenvalue weighted by molar-refractivity contribution is 0.0946. The summed E-state index contributed by atoms with van der Waals surface area (Å²) in [6.07, 6.45) is 1.61. The number of rotatable bonds is 3. The normalized spacial score (nSPS) is 11.9. The Bertz CT molecular complexity index is 390. The van der Waals surface area contributed by atoms with E-state index in [9.17, 15) is 9.90 Å². The van der Waals surface area contributed by atoms with Crippen molar-refractivity contribution in [2.45, 2.75) is 13.0 Å². The van der Waals surface area contributed by atoms with Gasteiger partial charge >= 0.3 is 0 Å². The summed E-state index contributed by atoms with van der Waals surface area (Å²) in [5.74, 6) is -0.320. The molecular weight excluding hydrogens is 214 g/mol. The molecule has 1 amide bonds. The fraction of sp³-hybridized carbons (Fsp3) is 0.182. The minimum Gasteiger partial charge on any atom is -0.508 e. The molecule has 0 saturated heterocycles. The second-order valence-corrected chi connectivity index (χ2v) is 3.57. The van der Waals surface area contributed by atoms with Crippen LogP contribution in [0, 0.1) is 0 Å². The van der Waals surface area contributed by atoms with Crippen LogP contribution in [0.25, 0.3) is 0 Å². The van der Waals surface area contributed by atoms with Gasteiger partial charge in [0.1, 0.15) is 5.75 Å². The zero-order valence-corrected chi connectivity index (χ0v) is 9.08. The minimum absolute atomic E-state index is 0.0100. The van der Waals surface area contributed by atoms with E-state index >= 15 is 0 Å². The third-order valence-electron chi connectivity index (χ3n) is 1.91. The van der Waals surface area contributed by atoms with Crippen molar-refractivity contribution in [1.82, 2.24) is 5.32 Å². The number of carbonyl (C=O) groups is 1. The summed E-state index contributed by atoms with van der Waals surface area (Å²) in [5, 5.41) is 12.2. The monoisotopic (exact) mass is 225 g/mol. The molecular formula is C11H12ClNO2. The molecule has 0 radical (unpaired) electrons. The Morgan fingerprint density at radius 1 is 1.67 bits per heavy atom. The van der Waals surface area contributed by atoms with Crippen molar-refractivity contribution in [1.29, 1.82) is 0 Å². The zero-order valence-electron chi connectivity index (χ0n) is 8.33. The molecule has 1 atom stereocenters. The lowest BCUT2D eigenvalue weighted by Crippen LogP contribution is -2.30. The number of aromatic hydroxyl groups is 1. The fourth-order valence-corrected chi connectivity index (χ4v) is 1.23. The summed E-state index contributed by atoms with van der Waals surface area (Å²) < 4.78 is 0. The maximum Gasteiger partial charge on any atom is 0.253 e. The predicted molar refractivity (Wildman–Crippen MR) is 60.2 cm³/mol. The van der Waals surface area contributed by atoms with Crippen LogP contribution in [0.15, 0.2) is 30.9 Å². The number of hydrogen-bond acceptors (Lipinski definition) is 2. The van der Waals surface area contributed by atoms with E-state index in [2.05, 4.69) is 11.9 Å². The van der Waals surface area contributed by atoms with Crippen molar-refractivity contribution >= 4 is 17.5 Å². The molecule has 0 saturated carbocycles. The van der Waals surface area contributed by atoms with E-state index in [0.29, 0.717) is 5.02 Å². The molecule has 0 spiro atoms. The molecule has 1 aromatic carbocycles. The highest BCUT2D eigenvalue weighted by molar-refractivity contribution is 6.33. The molecule has 0 bridgehead atoms. The van der Waals surface area contributed by atoms with E-state index in [1.54, 1.807) is 13.0 Å². The first kappa shape index (κ1) is 11.6. The third-order valence-corrected chi connectivity index (χ3v) is 2.24. The topological polar surface area (TPSA) is 49.3 Å². The summed E-state index contributed by atoms with van der Waals surface area (Å²) in [5.41, 5.74) is 0.255. The summed E-state index contributed by atoms with van der Waals surface area (Å²) in [4.78, 5) is 11.6. The lowest BCUT2D eigenvalue weighted by Gasteiger charge is -2.10. The Morgan fingerprint density at radius 2 is 2.33 bits per heavy atom. The van der Waals surface area contributed by atoms with Crippen LogP contribution in [0.3, 0.4) is 0 Å². The standard InChI is InChI=1S/C11H12ClNO2/c1-3-7(2)13-11(15)9-6-8(14)4-5-10(9)12/h3-7,14H,1H2,2H3,(H,13,15). The van der Waals surface area contributed by atoms with Gasteiger partial charge in [0.05, 0.1) is 10.6 Å². The molecule has 15 heavy (non-hydrogen) atoms. The van der Waals surface area contributed by atoms with E-state index in [4.69, 9.17) is 11.6 Å². The molecule has 1 unspecified atom stereocenters. The van der Waals surface area contributed by atoms with E-state index in [1.165, 1.54) is 18.2 Å². The fourth-order valence-electron chi connectivity index (χ4n) is 1.03. The number of halogens is 1. The van der Waals surface area contributed by atoms with E-state index < -0.39 is 0 Å². The van der Waals surface area contributed by atoms with Gasteiger partial charge in [-0.05, 0) is 25.1 Å². The van der Waals surface area contributed by atoms with Gasteiger partial charge in [-0.15, -0.1) is 6.58 Å². The summed E-state index contributed by atoms with van der Waals surface area (Å²) in [6, 6.07) is 4.09. The second kappa shape index (κ2) is 4.84. The molecule has 3 nitrogen and oxygen atoms in total. The van der Waals surface area contributed by atoms with Crippen LogP contribution in [0.4, 0.5) is 0 Å². The van der Waals surface area contributed by atoms with E-state index in [1.807, 2.05) is 0 Å². The summed E-state index contributed by atoms with van der Waals surface area (Å²) in [7, 11) is 0. The van der Waals surface area contributed by atoms with Crippen LogP contribution in [0.5, 0.6) is 5.75 Å². The van der Waals surface area contributed by atoms with E-state index in [-0.39, 0.29) is 23.3 Å². The maximum absolute atomic E-state index is 11.6. The SMILES string of the molecule is C=CC(C)NC(=O)c1cc(O)ccc1Cl. The quantitative estimate of drug-likeness (QED) is 0.776. The molecule has 0 aliphatic carbocycles. The van der Waals surface area contributed by atoms with Gasteiger partial charge in [-0.3, -0.25) is 4.79 Å². The molecule has 0 aliphatic rings. The molecule has 1 rings (SSSR count). The Balaban J connectivity index is 2.90. The summed E-state index contributed by atoms with van der Waals surface area (Å²) in [6.45, 7) is 5.34. The molecule has 4 heteroatoms. The molecule has 1 aromatic rings. The van der Waals surface area contributed by atoms with Crippen molar-refractivity contribution in [2.24, 2.45) is 0 Å². The van der Waals surface area contributed by atoms with Gasteiger partial charge in [0.2, 0.25) is 0 Å². The second-order valence-electron chi connectivity index (χ2n) is 3.16. The number of benzene rings is 1.